The van der Waals surface area contributed by atoms with Crippen LogP contribution in [0.5, 0.6) is 0 Å². The van der Waals surface area contributed by atoms with Crippen LogP contribution in [0.1, 0.15) is 12.0 Å². The van der Waals surface area contributed by atoms with Crippen molar-refractivity contribution in [3.63, 3.8) is 0 Å². The zero-order valence-corrected chi connectivity index (χ0v) is 13.5. The fourth-order valence-corrected chi connectivity index (χ4v) is 2.81. The summed E-state index contributed by atoms with van der Waals surface area (Å²) in [5, 5.41) is 3.92. The van der Waals surface area contributed by atoms with Crippen LogP contribution < -0.4 is 11.0 Å². The number of halogens is 2. The molecule has 2 aromatic carbocycles. The summed E-state index contributed by atoms with van der Waals surface area (Å²) in [7, 11) is 0. The number of H-pyrrole nitrogens is 2. The Morgan fingerprint density at radius 1 is 1.04 bits per heavy atom. The van der Waals surface area contributed by atoms with Crippen molar-refractivity contribution in [1.82, 2.24) is 9.97 Å². The number of rotatable bonds is 4. The van der Waals surface area contributed by atoms with Crippen LogP contribution in [0.2, 0.25) is 10.0 Å². The van der Waals surface area contributed by atoms with Crippen LogP contribution in [-0.2, 0) is 11.2 Å². The third-order valence-corrected chi connectivity index (χ3v) is 4.02. The molecule has 1 heterocycles. The average molecular weight is 350 g/mol. The first-order chi connectivity index (χ1) is 11.0. The number of aromatic amines is 2. The molecule has 0 aliphatic heterocycles. The van der Waals surface area contributed by atoms with Crippen molar-refractivity contribution in [3.8, 4) is 0 Å². The molecule has 0 aliphatic carbocycles. The van der Waals surface area contributed by atoms with Gasteiger partial charge in [0.15, 0.2) is 0 Å². The van der Waals surface area contributed by atoms with Crippen LogP contribution in [0.3, 0.4) is 0 Å². The van der Waals surface area contributed by atoms with E-state index in [0.717, 1.165) is 5.56 Å². The number of benzene rings is 2. The van der Waals surface area contributed by atoms with Gasteiger partial charge in [0.2, 0.25) is 5.91 Å². The molecule has 0 saturated heterocycles. The van der Waals surface area contributed by atoms with Crippen molar-refractivity contribution in [2.45, 2.75) is 12.8 Å². The third kappa shape index (κ3) is 3.75. The van der Waals surface area contributed by atoms with E-state index in [0.29, 0.717) is 39.6 Å². The number of aryl methyl sites for hydroxylation is 1. The van der Waals surface area contributed by atoms with Crippen LogP contribution in [0.15, 0.2) is 41.2 Å². The van der Waals surface area contributed by atoms with Crippen LogP contribution >= 0.6 is 23.2 Å². The van der Waals surface area contributed by atoms with Crippen LogP contribution in [0.25, 0.3) is 11.0 Å². The Hall–Kier alpha value is -2.24. The summed E-state index contributed by atoms with van der Waals surface area (Å²) < 4.78 is 0. The fourth-order valence-electron chi connectivity index (χ4n) is 2.31. The molecule has 0 saturated carbocycles. The smallest absolute Gasteiger partial charge is 0.323 e. The second kappa shape index (κ2) is 6.48. The number of anilines is 1. The highest BCUT2D eigenvalue weighted by Gasteiger charge is 2.07. The van der Waals surface area contributed by atoms with E-state index in [4.69, 9.17) is 23.2 Å². The molecular formula is C16H13Cl2N3O2. The topological polar surface area (TPSA) is 77.8 Å². The highest BCUT2D eigenvalue weighted by Crippen LogP contribution is 2.22. The molecule has 0 radical (unpaired) electrons. The van der Waals surface area contributed by atoms with Gasteiger partial charge in [-0.1, -0.05) is 29.3 Å². The van der Waals surface area contributed by atoms with Gasteiger partial charge in [-0.15, -0.1) is 0 Å². The standard InChI is InChI=1S/C16H13Cl2N3O2/c17-10-3-1-9(12(18)7-10)2-6-15(22)19-11-4-5-13-14(8-11)21-16(23)20-13/h1,3-5,7-8H,2,6H2,(H,19,22)(H2,20,21,23). The van der Waals surface area contributed by atoms with Gasteiger partial charge in [0.25, 0.3) is 0 Å². The Morgan fingerprint density at radius 3 is 2.61 bits per heavy atom. The van der Waals surface area contributed by atoms with Gasteiger partial charge in [-0.3, -0.25) is 4.79 Å². The lowest BCUT2D eigenvalue weighted by Gasteiger charge is -2.07. The summed E-state index contributed by atoms with van der Waals surface area (Å²) in [6, 6.07) is 10.4. The molecule has 7 heteroatoms. The van der Waals surface area contributed by atoms with Crippen LogP contribution in [0.4, 0.5) is 5.69 Å². The van der Waals surface area contributed by atoms with E-state index in [9.17, 15) is 9.59 Å². The molecule has 0 unspecified atom stereocenters. The highest BCUT2D eigenvalue weighted by molar-refractivity contribution is 6.35. The molecule has 3 aromatic rings. The van der Waals surface area contributed by atoms with E-state index < -0.39 is 0 Å². The second-order valence-electron chi connectivity index (χ2n) is 5.12. The van der Waals surface area contributed by atoms with Crippen molar-refractivity contribution in [2.24, 2.45) is 0 Å². The predicted molar refractivity (Wildman–Crippen MR) is 92.3 cm³/mol. The summed E-state index contributed by atoms with van der Waals surface area (Å²) in [4.78, 5) is 28.6. The lowest BCUT2D eigenvalue weighted by Crippen LogP contribution is -2.12. The molecule has 118 valence electrons. The fraction of sp³-hybridized carbons (Fsp3) is 0.125. The molecule has 0 spiro atoms. The first-order valence-electron chi connectivity index (χ1n) is 6.97. The van der Waals surface area contributed by atoms with Crippen molar-refractivity contribution in [3.05, 3.63) is 62.5 Å². The summed E-state index contributed by atoms with van der Waals surface area (Å²) in [6.07, 6.45) is 0.814. The van der Waals surface area contributed by atoms with E-state index >= 15 is 0 Å². The highest BCUT2D eigenvalue weighted by atomic mass is 35.5. The lowest BCUT2D eigenvalue weighted by molar-refractivity contribution is -0.116. The van der Waals surface area contributed by atoms with Crippen LogP contribution in [0, 0.1) is 0 Å². The van der Waals surface area contributed by atoms with Gasteiger partial charge in [-0.25, -0.2) is 4.79 Å². The number of carbonyl (C=O) groups excluding carboxylic acids is 1. The van der Waals surface area contributed by atoms with Gasteiger partial charge in [0.1, 0.15) is 0 Å². The number of aromatic nitrogens is 2. The quantitative estimate of drug-likeness (QED) is 0.670. The van der Waals surface area contributed by atoms with Crippen molar-refractivity contribution >= 4 is 45.8 Å². The van der Waals surface area contributed by atoms with Gasteiger partial charge in [-0.05, 0) is 42.3 Å². The molecule has 5 nitrogen and oxygen atoms in total. The monoisotopic (exact) mass is 349 g/mol. The summed E-state index contributed by atoms with van der Waals surface area (Å²) in [5.74, 6) is -0.131. The molecular weight excluding hydrogens is 337 g/mol. The molecule has 0 aliphatic rings. The minimum absolute atomic E-state index is 0.131. The molecule has 1 amide bonds. The van der Waals surface area contributed by atoms with Gasteiger partial charge >= 0.3 is 5.69 Å². The molecule has 0 atom stereocenters. The Kier molecular flexibility index (Phi) is 4.41. The Balaban J connectivity index is 1.64. The average Bonchev–Trinajstić information content (AvgIpc) is 2.85. The molecule has 0 fully saturated rings. The van der Waals surface area contributed by atoms with E-state index in [-0.39, 0.29) is 11.6 Å². The molecule has 3 rings (SSSR count). The summed E-state index contributed by atoms with van der Waals surface area (Å²) in [6.45, 7) is 0. The number of fused-ring (bicyclic) bond motifs is 1. The number of amides is 1. The second-order valence-corrected chi connectivity index (χ2v) is 5.97. The normalized spacial score (nSPS) is 10.9. The zero-order chi connectivity index (χ0) is 16.4. The summed E-state index contributed by atoms with van der Waals surface area (Å²) in [5.41, 5.74) is 2.56. The van der Waals surface area contributed by atoms with Gasteiger partial charge in [0, 0.05) is 22.2 Å². The van der Waals surface area contributed by atoms with E-state index in [1.165, 1.54) is 0 Å². The maximum atomic E-state index is 12.0. The largest absolute Gasteiger partial charge is 0.326 e. The zero-order valence-electron chi connectivity index (χ0n) is 12.0. The van der Waals surface area contributed by atoms with E-state index in [1.54, 1.807) is 30.3 Å². The third-order valence-electron chi connectivity index (χ3n) is 3.44. The van der Waals surface area contributed by atoms with Gasteiger partial charge < -0.3 is 15.3 Å². The van der Waals surface area contributed by atoms with E-state index in [2.05, 4.69) is 15.3 Å². The Labute approximate surface area is 141 Å². The number of carbonyl (C=O) groups is 1. The lowest BCUT2D eigenvalue weighted by atomic mass is 10.1. The van der Waals surface area contributed by atoms with E-state index in [1.807, 2.05) is 6.07 Å². The summed E-state index contributed by atoms with van der Waals surface area (Å²) >= 11 is 11.9. The first-order valence-corrected chi connectivity index (χ1v) is 7.73. The van der Waals surface area contributed by atoms with Crippen molar-refractivity contribution < 1.29 is 4.79 Å². The first kappa shape index (κ1) is 15.6. The van der Waals surface area contributed by atoms with Crippen LogP contribution in [-0.4, -0.2) is 15.9 Å². The van der Waals surface area contributed by atoms with Crippen molar-refractivity contribution in [1.29, 1.82) is 0 Å². The number of hydrogen-bond acceptors (Lipinski definition) is 2. The number of hydrogen-bond donors (Lipinski definition) is 3. The molecule has 0 bridgehead atoms. The molecule has 3 N–H and O–H groups in total. The maximum Gasteiger partial charge on any atom is 0.323 e. The number of imidazole rings is 1. The number of nitrogens with one attached hydrogen (secondary N) is 3. The molecule has 1 aromatic heterocycles. The van der Waals surface area contributed by atoms with Gasteiger partial charge in [0.05, 0.1) is 11.0 Å². The predicted octanol–water partition coefficient (Wildman–Crippen LogP) is 3.73. The maximum absolute atomic E-state index is 12.0. The van der Waals surface area contributed by atoms with Gasteiger partial charge in [-0.2, -0.15) is 0 Å². The molecule has 23 heavy (non-hydrogen) atoms. The Morgan fingerprint density at radius 2 is 1.83 bits per heavy atom. The van der Waals surface area contributed by atoms with Crippen molar-refractivity contribution in [2.75, 3.05) is 5.32 Å². The Bertz CT molecular complexity index is 930. The minimum atomic E-state index is -0.277. The SMILES string of the molecule is O=C(CCc1ccc(Cl)cc1Cl)Nc1ccc2[nH]c(=O)[nH]c2c1. The minimum Gasteiger partial charge on any atom is -0.326 e.